The van der Waals surface area contributed by atoms with Gasteiger partial charge in [-0.05, 0) is 35.7 Å². The Hall–Kier alpha value is -2.23. The van der Waals surface area contributed by atoms with Crippen LogP contribution in [0.25, 0.3) is 22.4 Å². The third-order valence-corrected chi connectivity index (χ3v) is 4.09. The molecule has 0 saturated carbocycles. The summed E-state index contributed by atoms with van der Waals surface area (Å²) in [7, 11) is 0. The Morgan fingerprint density at radius 3 is 2.00 bits per heavy atom. The van der Waals surface area contributed by atoms with Gasteiger partial charge in [0.1, 0.15) is 4.64 Å². The van der Waals surface area contributed by atoms with Crippen molar-refractivity contribution in [2.45, 2.75) is 19.6 Å². The van der Waals surface area contributed by atoms with Crippen molar-refractivity contribution in [2.24, 2.45) is 0 Å². The topological polar surface area (TPSA) is 25.2 Å². The number of nitrogens with zero attached hydrogens (tertiary/aromatic N) is 1. The number of benzene rings is 2. The zero-order chi connectivity index (χ0) is 16.2. The van der Waals surface area contributed by atoms with E-state index in [0.717, 1.165) is 27.0 Å². The number of aromatic nitrogens is 1. The van der Waals surface area contributed by atoms with Crippen LogP contribution in [-0.4, -0.2) is 15.8 Å². The zero-order valence-electron chi connectivity index (χ0n) is 13.0. The highest BCUT2D eigenvalue weighted by atomic mass is 32.1. The van der Waals surface area contributed by atoms with E-state index in [-0.39, 0.29) is 0 Å². The van der Waals surface area contributed by atoms with Gasteiger partial charge in [0.15, 0.2) is 0 Å². The molecule has 0 fully saturated rings. The molecule has 3 aromatic rings. The molecule has 1 aromatic heterocycles. The smallest absolute Gasteiger partial charge is 0.107 e. The van der Waals surface area contributed by atoms with Gasteiger partial charge in [-0.1, -0.05) is 72.9 Å². The predicted molar refractivity (Wildman–Crippen MR) is 97.8 cm³/mol. The lowest BCUT2D eigenvalue weighted by atomic mass is 10.0. The van der Waals surface area contributed by atoms with Crippen molar-refractivity contribution in [2.75, 3.05) is 0 Å². The quantitative estimate of drug-likeness (QED) is 0.689. The summed E-state index contributed by atoms with van der Waals surface area (Å²) in [5.41, 5.74) is 4.35. The molecule has 0 aliphatic rings. The van der Waals surface area contributed by atoms with Gasteiger partial charge in [0.05, 0.1) is 6.10 Å². The van der Waals surface area contributed by atoms with Crippen LogP contribution in [0.4, 0.5) is 0 Å². The molecule has 0 amide bonds. The molecule has 0 bridgehead atoms. The summed E-state index contributed by atoms with van der Waals surface area (Å²) in [6.07, 6.45) is -0.452. The maximum Gasteiger partial charge on any atom is 0.107 e. The fourth-order valence-electron chi connectivity index (χ4n) is 2.69. The van der Waals surface area contributed by atoms with E-state index in [0.29, 0.717) is 6.54 Å². The predicted octanol–water partition coefficient (Wildman–Crippen LogP) is 4.93. The largest absolute Gasteiger partial charge is 0.392 e. The summed E-state index contributed by atoms with van der Waals surface area (Å²) >= 11 is 5.60. The molecular formula is C20H19NOS. The summed E-state index contributed by atoms with van der Waals surface area (Å²) in [6, 6.07) is 24.5. The van der Waals surface area contributed by atoms with E-state index in [4.69, 9.17) is 12.2 Å². The maximum atomic E-state index is 9.82. The van der Waals surface area contributed by atoms with E-state index in [2.05, 4.69) is 30.3 Å². The molecule has 116 valence electrons. The van der Waals surface area contributed by atoms with Crippen LogP contribution >= 0.6 is 12.2 Å². The monoisotopic (exact) mass is 321 g/mol. The number of pyridine rings is 1. The summed E-state index contributed by atoms with van der Waals surface area (Å²) in [5.74, 6) is 0. The Labute approximate surface area is 141 Å². The lowest BCUT2D eigenvalue weighted by Gasteiger charge is -2.17. The molecule has 2 aromatic carbocycles. The lowest BCUT2D eigenvalue weighted by molar-refractivity contribution is 0.173. The Bertz CT molecular complexity index is 839. The molecule has 0 saturated heterocycles. The van der Waals surface area contributed by atoms with Gasteiger partial charge in [-0.25, -0.2) is 0 Å². The first-order valence-corrected chi connectivity index (χ1v) is 8.10. The van der Waals surface area contributed by atoms with Crippen molar-refractivity contribution in [1.82, 2.24) is 4.57 Å². The second-order valence-corrected chi connectivity index (χ2v) is 6.08. The highest BCUT2D eigenvalue weighted by molar-refractivity contribution is 7.71. The standard InChI is InChI=1S/C20H19NOS/c1-15(22)14-21-19(17-10-6-3-7-11-17)12-18(13-20(21)23)16-8-4-2-5-9-16/h2-13,15,22H,14H2,1H3. The van der Waals surface area contributed by atoms with Crippen LogP contribution in [0.1, 0.15) is 6.92 Å². The van der Waals surface area contributed by atoms with Gasteiger partial charge in [0.2, 0.25) is 0 Å². The molecule has 0 radical (unpaired) electrons. The highest BCUT2D eigenvalue weighted by Crippen LogP contribution is 2.27. The first kappa shape index (κ1) is 15.7. The second kappa shape index (κ2) is 6.90. The minimum absolute atomic E-state index is 0.452. The lowest BCUT2D eigenvalue weighted by Crippen LogP contribution is -2.15. The minimum Gasteiger partial charge on any atom is -0.392 e. The van der Waals surface area contributed by atoms with Crippen LogP contribution in [0, 0.1) is 4.64 Å². The normalized spacial score (nSPS) is 12.1. The number of rotatable bonds is 4. The summed E-state index contributed by atoms with van der Waals surface area (Å²) in [5, 5.41) is 9.82. The van der Waals surface area contributed by atoms with Gasteiger partial charge in [0, 0.05) is 12.2 Å². The van der Waals surface area contributed by atoms with Crippen molar-refractivity contribution in [3.8, 4) is 22.4 Å². The number of hydrogen-bond donors (Lipinski definition) is 1. The number of hydrogen-bond acceptors (Lipinski definition) is 2. The van der Waals surface area contributed by atoms with Crippen LogP contribution in [0.2, 0.25) is 0 Å². The third-order valence-electron chi connectivity index (χ3n) is 3.75. The van der Waals surface area contributed by atoms with Crippen molar-refractivity contribution in [1.29, 1.82) is 0 Å². The van der Waals surface area contributed by atoms with Gasteiger partial charge >= 0.3 is 0 Å². The van der Waals surface area contributed by atoms with E-state index in [9.17, 15) is 5.11 Å². The van der Waals surface area contributed by atoms with Crippen molar-refractivity contribution >= 4 is 12.2 Å². The molecule has 0 aliphatic heterocycles. The molecule has 1 heterocycles. The first-order chi connectivity index (χ1) is 11.1. The summed E-state index contributed by atoms with van der Waals surface area (Å²) < 4.78 is 2.73. The molecule has 0 aliphatic carbocycles. The molecule has 0 spiro atoms. The molecule has 3 rings (SSSR count). The fraction of sp³-hybridized carbons (Fsp3) is 0.150. The van der Waals surface area contributed by atoms with Gasteiger partial charge in [-0.15, -0.1) is 0 Å². The van der Waals surface area contributed by atoms with E-state index in [1.165, 1.54) is 0 Å². The van der Waals surface area contributed by atoms with Gasteiger partial charge in [-0.2, -0.15) is 0 Å². The Kier molecular flexibility index (Phi) is 4.70. The molecule has 3 heteroatoms. The van der Waals surface area contributed by atoms with Crippen molar-refractivity contribution in [3.63, 3.8) is 0 Å². The third kappa shape index (κ3) is 3.58. The zero-order valence-corrected chi connectivity index (χ0v) is 13.8. The van der Waals surface area contributed by atoms with E-state index in [1.54, 1.807) is 6.92 Å². The van der Waals surface area contributed by atoms with E-state index >= 15 is 0 Å². The molecule has 2 nitrogen and oxygen atoms in total. The van der Waals surface area contributed by atoms with Gasteiger partial charge < -0.3 is 9.67 Å². The van der Waals surface area contributed by atoms with Crippen molar-refractivity contribution in [3.05, 3.63) is 77.4 Å². The van der Waals surface area contributed by atoms with Crippen LogP contribution in [0.15, 0.2) is 72.8 Å². The van der Waals surface area contributed by atoms with Crippen molar-refractivity contribution < 1.29 is 5.11 Å². The molecule has 1 N–H and O–H groups in total. The second-order valence-electron chi connectivity index (χ2n) is 5.66. The molecule has 1 atom stereocenters. The minimum atomic E-state index is -0.452. The number of aliphatic hydroxyl groups excluding tert-OH is 1. The molecule has 1 unspecified atom stereocenters. The summed E-state index contributed by atoms with van der Waals surface area (Å²) in [6.45, 7) is 2.26. The van der Waals surface area contributed by atoms with Crippen LogP contribution in [0.5, 0.6) is 0 Å². The van der Waals surface area contributed by atoms with Crippen LogP contribution in [-0.2, 0) is 6.54 Å². The van der Waals surface area contributed by atoms with E-state index < -0.39 is 6.10 Å². The first-order valence-electron chi connectivity index (χ1n) is 7.69. The molecule has 23 heavy (non-hydrogen) atoms. The Morgan fingerprint density at radius 2 is 1.43 bits per heavy atom. The van der Waals surface area contributed by atoms with E-state index in [1.807, 2.05) is 47.0 Å². The Balaban J connectivity index is 2.21. The van der Waals surface area contributed by atoms with Gasteiger partial charge in [-0.3, -0.25) is 0 Å². The average Bonchev–Trinajstić information content (AvgIpc) is 2.58. The average molecular weight is 321 g/mol. The van der Waals surface area contributed by atoms with Crippen LogP contribution < -0.4 is 0 Å². The number of aliphatic hydroxyl groups is 1. The van der Waals surface area contributed by atoms with Gasteiger partial charge in [0.25, 0.3) is 0 Å². The maximum absolute atomic E-state index is 9.82. The fourth-order valence-corrected chi connectivity index (χ4v) is 2.99. The SMILES string of the molecule is CC(O)Cn1c(-c2ccccc2)cc(-c2ccccc2)cc1=S. The summed E-state index contributed by atoms with van der Waals surface area (Å²) in [4.78, 5) is 0. The van der Waals surface area contributed by atoms with Crippen LogP contribution in [0.3, 0.4) is 0 Å². The Morgan fingerprint density at radius 1 is 0.870 bits per heavy atom. The molecular weight excluding hydrogens is 302 g/mol. The highest BCUT2D eigenvalue weighted by Gasteiger charge is 2.10.